The number of amidine groups is 1. The fraction of sp³-hybridized carbons (Fsp3) is 0.304. The zero-order valence-corrected chi connectivity index (χ0v) is 18.7. The van der Waals surface area contributed by atoms with E-state index in [4.69, 9.17) is 5.73 Å². The Labute approximate surface area is 189 Å². The number of alkyl halides is 2. The van der Waals surface area contributed by atoms with Crippen molar-refractivity contribution in [2.75, 3.05) is 0 Å². The second-order valence-electron chi connectivity index (χ2n) is 8.15. The minimum Gasteiger partial charge on any atom is -0.384 e. The van der Waals surface area contributed by atoms with Crippen LogP contribution in [0.2, 0.25) is 0 Å². The van der Waals surface area contributed by atoms with Crippen molar-refractivity contribution in [2.45, 2.75) is 40.2 Å². The van der Waals surface area contributed by atoms with Gasteiger partial charge in [-0.3, -0.25) is 4.79 Å². The second kappa shape index (κ2) is 9.43. The Morgan fingerprint density at radius 2 is 1.94 bits per heavy atom. The third-order valence-electron chi connectivity index (χ3n) is 4.65. The predicted molar refractivity (Wildman–Crippen MR) is 120 cm³/mol. The Kier molecular flexibility index (Phi) is 6.85. The molecule has 33 heavy (non-hydrogen) atoms. The van der Waals surface area contributed by atoms with Crippen molar-refractivity contribution >= 4 is 23.1 Å². The van der Waals surface area contributed by atoms with Crippen LogP contribution in [0.25, 0.3) is 5.52 Å². The molecule has 2 aromatic heterocycles. The summed E-state index contributed by atoms with van der Waals surface area (Å²) < 4.78 is 44.9. The van der Waals surface area contributed by atoms with Crippen molar-refractivity contribution in [1.29, 1.82) is 0 Å². The number of nitrogens with zero attached hydrogens (tertiary/aromatic N) is 4. The monoisotopic (exact) mass is 458 g/mol. The quantitative estimate of drug-likeness (QED) is 0.409. The number of carbonyl (C=O) groups excluding carboxylic acids is 1. The topological polar surface area (TPSA) is 97.7 Å². The number of nitrogens with one attached hydrogen (secondary N) is 1. The maximum atomic E-state index is 15.2. The molecule has 3 rings (SSSR count). The molecule has 3 aromatic rings. The molecule has 174 valence electrons. The summed E-state index contributed by atoms with van der Waals surface area (Å²) in [6.45, 7) is 7.34. The summed E-state index contributed by atoms with van der Waals surface area (Å²) in [5.74, 6) is -5.39. The maximum absolute atomic E-state index is 15.2. The molecule has 3 N–H and O–H groups in total. The molecule has 0 spiro atoms. The lowest BCUT2D eigenvalue weighted by atomic mass is 10.1. The molecule has 0 aliphatic rings. The van der Waals surface area contributed by atoms with Gasteiger partial charge in [0.15, 0.2) is 5.82 Å². The first kappa shape index (κ1) is 24.0. The van der Waals surface area contributed by atoms with Gasteiger partial charge in [0.2, 0.25) is 11.7 Å². The molecular weight excluding hydrogens is 433 g/mol. The summed E-state index contributed by atoms with van der Waals surface area (Å²) in [6.07, 6.45) is 3.10. The lowest BCUT2D eigenvalue weighted by Gasteiger charge is -2.16. The molecular formula is C23H25F3N6O. The van der Waals surface area contributed by atoms with Crippen LogP contribution in [0.4, 0.5) is 19.0 Å². The SMILES string of the molecule is CC(C)=CC(N)=Nc1nc(C(F)(F)c2ccc(F)cc2)nn2cc(CNC(=O)C(C)C)cc12. The standard InChI is InChI=1S/C23H25F3N6O/c1-13(2)9-19(27)29-20-18-10-15(11-28-21(33)14(3)4)12-32(18)31-22(30-20)23(25,26)16-5-7-17(24)8-6-16/h5-10,12,14H,11H2,1-4H3,(H,28,33)(H2,27,29,30,31). The summed E-state index contributed by atoms with van der Waals surface area (Å²) in [4.78, 5) is 20.1. The van der Waals surface area contributed by atoms with E-state index in [9.17, 15) is 9.18 Å². The average Bonchev–Trinajstić information content (AvgIpc) is 3.15. The first-order valence-electron chi connectivity index (χ1n) is 10.3. The zero-order chi connectivity index (χ0) is 24.3. The van der Waals surface area contributed by atoms with E-state index in [-0.39, 0.29) is 30.0 Å². The first-order chi connectivity index (χ1) is 15.5. The Bertz CT molecular complexity index is 1220. The molecule has 2 heterocycles. The number of amides is 1. The largest absolute Gasteiger partial charge is 0.384 e. The smallest absolute Gasteiger partial charge is 0.333 e. The van der Waals surface area contributed by atoms with Crippen LogP contribution < -0.4 is 11.1 Å². The van der Waals surface area contributed by atoms with Gasteiger partial charge in [-0.1, -0.05) is 19.4 Å². The molecule has 1 aromatic carbocycles. The highest BCUT2D eigenvalue weighted by molar-refractivity contribution is 5.94. The number of nitrogens with two attached hydrogens (primary N) is 1. The van der Waals surface area contributed by atoms with E-state index in [2.05, 4.69) is 20.4 Å². The number of hydrogen-bond donors (Lipinski definition) is 2. The van der Waals surface area contributed by atoms with Crippen molar-refractivity contribution in [3.05, 3.63) is 70.9 Å². The third-order valence-corrected chi connectivity index (χ3v) is 4.65. The van der Waals surface area contributed by atoms with E-state index in [0.717, 1.165) is 29.8 Å². The van der Waals surface area contributed by atoms with Gasteiger partial charge in [-0.15, -0.1) is 5.10 Å². The average molecular weight is 458 g/mol. The van der Waals surface area contributed by atoms with E-state index < -0.39 is 23.1 Å². The van der Waals surface area contributed by atoms with Gasteiger partial charge in [-0.2, -0.15) is 8.78 Å². The van der Waals surface area contributed by atoms with E-state index in [0.29, 0.717) is 11.1 Å². The van der Waals surface area contributed by atoms with E-state index >= 15 is 8.78 Å². The van der Waals surface area contributed by atoms with Gasteiger partial charge in [0.05, 0.1) is 0 Å². The van der Waals surface area contributed by atoms with Crippen molar-refractivity contribution < 1.29 is 18.0 Å². The highest BCUT2D eigenvalue weighted by Crippen LogP contribution is 2.35. The molecule has 0 fully saturated rings. The van der Waals surface area contributed by atoms with E-state index in [1.807, 2.05) is 13.8 Å². The third kappa shape index (κ3) is 5.57. The van der Waals surface area contributed by atoms with E-state index in [1.54, 1.807) is 26.0 Å². The van der Waals surface area contributed by atoms with Crippen LogP contribution in [0.1, 0.15) is 44.6 Å². The number of aromatic nitrogens is 3. The van der Waals surface area contributed by atoms with Gasteiger partial charge in [-0.05, 0) is 55.8 Å². The van der Waals surface area contributed by atoms with Gasteiger partial charge in [0.25, 0.3) is 0 Å². The summed E-state index contributed by atoms with van der Waals surface area (Å²) in [7, 11) is 0. The fourth-order valence-electron chi connectivity index (χ4n) is 2.98. The van der Waals surface area contributed by atoms with Gasteiger partial charge >= 0.3 is 5.92 Å². The Morgan fingerprint density at radius 3 is 2.55 bits per heavy atom. The number of benzene rings is 1. The molecule has 1 amide bonds. The highest BCUT2D eigenvalue weighted by atomic mass is 19.3. The number of hydrogen-bond acceptors (Lipinski definition) is 4. The lowest BCUT2D eigenvalue weighted by molar-refractivity contribution is -0.124. The Hall–Kier alpha value is -3.69. The molecule has 0 saturated carbocycles. The molecule has 0 aliphatic carbocycles. The Morgan fingerprint density at radius 1 is 1.27 bits per heavy atom. The number of rotatable bonds is 7. The summed E-state index contributed by atoms with van der Waals surface area (Å²) >= 11 is 0. The predicted octanol–water partition coefficient (Wildman–Crippen LogP) is 4.24. The number of halogens is 3. The van der Waals surface area contributed by atoms with Gasteiger partial charge in [0, 0.05) is 24.2 Å². The first-order valence-corrected chi connectivity index (χ1v) is 10.3. The van der Waals surface area contributed by atoms with Crippen LogP contribution in [-0.4, -0.2) is 26.3 Å². The minimum atomic E-state index is -3.62. The second-order valence-corrected chi connectivity index (χ2v) is 8.15. The Balaban J connectivity index is 2.12. The number of carbonyl (C=O) groups is 1. The maximum Gasteiger partial charge on any atom is 0.333 e. The van der Waals surface area contributed by atoms with Gasteiger partial charge < -0.3 is 11.1 Å². The van der Waals surface area contributed by atoms with Crippen molar-refractivity contribution in [1.82, 2.24) is 19.9 Å². The van der Waals surface area contributed by atoms with Gasteiger partial charge in [0.1, 0.15) is 17.2 Å². The molecule has 0 saturated heterocycles. The van der Waals surface area contributed by atoms with Crippen LogP contribution in [0.3, 0.4) is 0 Å². The highest BCUT2D eigenvalue weighted by Gasteiger charge is 2.39. The molecule has 0 radical (unpaired) electrons. The normalized spacial score (nSPS) is 12.3. The lowest BCUT2D eigenvalue weighted by Crippen LogP contribution is -2.26. The van der Waals surface area contributed by atoms with Crippen LogP contribution >= 0.6 is 0 Å². The fourth-order valence-corrected chi connectivity index (χ4v) is 2.98. The van der Waals surface area contributed by atoms with Crippen molar-refractivity contribution in [3.63, 3.8) is 0 Å². The number of allylic oxidation sites excluding steroid dienone is 1. The van der Waals surface area contributed by atoms with Crippen LogP contribution in [0, 0.1) is 11.7 Å². The van der Waals surface area contributed by atoms with Gasteiger partial charge in [-0.25, -0.2) is 18.9 Å². The van der Waals surface area contributed by atoms with Crippen molar-refractivity contribution in [3.8, 4) is 0 Å². The van der Waals surface area contributed by atoms with Crippen LogP contribution in [0.15, 0.2) is 53.2 Å². The summed E-state index contributed by atoms with van der Waals surface area (Å²) in [6, 6.07) is 5.49. The van der Waals surface area contributed by atoms with E-state index in [1.165, 1.54) is 10.7 Å². The molecule has 0 aliphatic heterocycles. The summed E-state index contributed by atoms with van der Waals surface area (Å²) in [5, 5.41) is 6.75. The minimum absolute atomic E-state index is 0.0572. The summed E-state index contributed by atoms with van der Waals surface area (Å²) in [5.41, 5.74) is 7.30. The molecule has 7 nitrogen and oxygen atoms in total. The number of fused-ring (bicyclic) bond motifs is 1. The molecule has 0 bridgehead atoms. The molecule has 10 heteroatoms. The van der Waals surface area contributed by atoms with Crippen LogP contribution in [0.5, 0.6) is 0 Å². The number of aliphatic imine (C=N–C) groups is 1. The van der Waals surface area contributed by atoms with Crippen LogP contribution in [-0.2, 0) is 17.3 Å². The molecule has 0 atom stereocenters. The molecule has 0 unspecified atom stereocenters. The van der Waals surface area contributed by atoms with Crippen molar-refractivity contribution in [2.24, 2.45) is 16.6 Å². The zero-order valence-electron chi connectivity index (χ0n) is 18.7.